The second kappa shape index (κ2) is 6.84. The molecule has 2 aliphatic heterocycles. The van der Waals surface area contributed by atoms with E-state index in [-0.39, 0.29) is 0 Å². The van der Waals surface area contributed by atoms with Crippen LogP contribution in [0.15, 0.2) is 0 Å². The van der Waals surface area contributed by atoms with Crippen LogP contribution in [0.4, 0.5) is 0 Å². The SMILES string of the molecule is OCCN(CC1CCSC1)CC1CCCN1. The van der Waals surface area contributed by atoms with Crippen LogP contribution in [-0.4, -0.2) is 60.3 Å². The minimum absolute atomic E-state index is 0.298. The third kappa shape index (κ3) is 3.91. The summed E-state index contributed by atoms with van der Waals surface area (Å²) in [6.45, 7) is 4.64. The Morgan fingerprint density at radius 2 is 2.25 bits per heavy atom. The van der Waals surface area contributed by atoms with Gasteiger partial charge in [-0.25, -0.2) is 0 Å². The molecule has 2 N–H and O–H groups in total. The predicted molar refractivity (Wildman–Crippen MR) is 70.0 cm³/mol. The van der Waals surface area contributed by atoms with Gasteiger partial charge in [-0.1, -0.05) is 0 Å². The van der Waals surface area contributed by atoms with Gasteiger partial charge in [0.1, 0.15) is 0 Å². The van der Waals surface area contributed by atoms with E-state index < -0.39 is 0 Å². The fourth-order valence-corrected chi connectivity index (χ4v) is 3.99. The van der Waals surface area contributed by atoms with Crippen molar-refractivity contribution in [2.45, 2.75) is 25.3 Å². The van der Waals surface area contributed by atoms with E-state index >= 15 is 0 Å². The summed E-state index contributed by atoms with van der Waals surface area (Å²) in [6.07, 6.45) is 3.99. The molecule has 2 heterocycles. The third-order valence-corrected chi connectivity index (χ3v) is 4.83. The Kier molecular flexibility index (Phi) is 5.42. The first-order valence-corrected chi connectivity index (χ1v) is 7.68. The second-order valence-corrected chi connectivity index (χ2v) is 6.16. The first-order valence-electron chi connectivity index (χ1n) is 6.53. The largest absolute Gasteiger partial charge is 0.395 e. The molecule has 0 aromatic rings. The quantitative estimate of drug-likeness (QED) is 0.724. The number of rotatable bonds is 6. The standard InChI is InChI=1S/C12H24N2OS/c15-6-5-14(8-11-3-7-16-10-11)9-12-2-1-4-13-12/h11-13,15H,1-10H2. The summed E-state index contributed by atoms with van der Waals surface area (Å²) >= 11 is 2.08. The molecule has 2 saturated heterocycles. The van der Waals surface area contributed by atoms with Crippen molar-refractivity contribution in [3.05, 3.63) is 0 Å². The third-order valence-electron chi connectivity index (χ3n) is 3.60. The highest BCUT2D eigenvalue weighted by molar-refractivity contribution is 7.99. The summed E-state index contributed by atoms with van der Waals surface area (Å²) < 4.78 is 0. The molecule has 0 aliphatic carbocycles. The lowest BCUT2D eigenvalue weighted by Crippen LogP contribution is -2.41. The van der Waals surface area contributed by atoms with Gasteiger partial charge in [0.05, 0.1) is 6.61 Å². The molecular weight excluding hydrogens is 220 g/mol. The van der Waals surface area contributed by atoms with Crippen LogP contribution < -0.4 is 5.32 Å². The number of hydrogen-bond donors (Lipinski definition) is 2. The minimum Gasteiger partial charge on any atom is -0.395 e. The molecule has 0 amide bonds. The van der Waals surface area contributed by atoms with Gasteiger partial charge in [0, 0.05) is 25.7 Å². The number of nitrogens with zero attached hydrogens (tertiary/aromatic N) is 1. The number of hydrogen-bond acceptors (Lipinski definition) is 4. The molecular formula is C12H24N2OS. The van der Waals surface area contributed by atoms with E-state index in [1.807, 2.05) is 0 Å². The van der Waals surface area contributed by atoms with Crippen LogP contribution in [0.3, 0.4) is 0 Å². The normalized spacial score (nSPS) is 30.4. The zero-order chi connectivity index (χ0) is 11.2. The molecule has 0 spiro atoms. The molecule has 0 saturated carbocycles. The van der Waals surface area contributed by atoms with Gasteiger partial charge in [-0.05, 0) is 43.2 Å². The van der Waals surface area contributed by atoms with Gasteiger partial charge in [0.25, 0.3) is 0 Å². The van der Waals surface area contributed by atoms with E-state index in [9.17, 15) is 0 Å². The van der Waals surface area contributed by atoms with E-state index in [2.05, 4.69) is 22.0 Å². The maximum absolute atomic E-state index is 9.12. The van der Waals surface area contributed by atoms with Crippen molar-refractivity contribution in [3.63, 3.8) is 0 Å². The van der Waals surface area contributed by atoms with E-state index in [0.29, 0.717) is 12.6 Å². The van der Waals surface area contributed by atoms with Crippen LogP contribution in [0, 0.1) is 5.92 Å². The van der Waals surface area contributed by atoms with Crippen molar-refractivity contribution < 1.29 is 5.11 Å². The van der Waals surface area contributed by atoms with E-state index in [1.54, 1.807) is 0 Å². The van der Waals surface area contributed by atoms with E-state index in [0.717, 1.165) is 19.0 Å². The highest BCUT2D eigenvalue weighted by atomic mass is 32.2. The maximum atomic E-state index is 9.12. The molecule has 2 rings (SSSR count). The van der Waals surface area contributed by atoms with Crippen molar-refractivity contribution in [1.29, 1.82) is 0 Å². The summed E-state index contributed by atoms with van der Waals surface area (Å²) in [5, 5.41) is 12.7. The van der Waals surface area contributed by atoms with Gasteiger partial charge >= 0.3 is 0 Å². The van der Waals surface area contributed by atoms with Gasteiger partial charge < -0.3 is 10.4 Å². The van der Waals surface area contributed by atoms with E-state index in [4.69, 9.17) is 5.11 Å². The summed E-state index contributed by atoms with van der Waals surface area (Å²) in [7, 11) is 0. The molecule has 2 atom stereocenters. The van der Waals surface area contributed by atoms with Crippen LogP contribution in [-0.2, 0) is 0 Å². The lowest BCUT2D eigenvalue weighted by Gasteiger charge is -2.27. The van der Waals surface area contributed by atoms with Gasteiger partial charge in [0.2, 0.25) is 0 Å². The highest BCUT2D eigenvalue weighted by Crippen LogP contribution is 2.24. The number of thioether (sulfide) groups is 1. The average Bonchev–Trinajstić information content (AvgIpc) is 2.91. The average molecular weight is 244 g/mol. The van der Waals surface area contributed by atoms with Crippen molar-refractivity contribution in [2.24, 2.45) is 5.92 Å². The molecule has 16 heavy (non-hydrogen) atoms. The van der Waals surface area contributed by atoms with Crippen molar-refractivity contribution in [1.82, 2.24) is 10.2 Å². The monoisotopic (exact) mass is 244 g/mol. The maximum Gasteiger partial charge on any atom is 0.0558 e. The lowest BCUT2D eigenvalue weighted by molar-refractivity contribution is 0.169. The Balaban J connectivity index is 1.73. The van der Waals surface area contributed by atoms with Crippen LogP contribution in [0.25, 0.3) is 0 Å². The van der Waals surface area contributed by atoms with Crippen LogP contribution in [0.5, 0.6) is 0 Å². The minimum atomic E-state index is 0.298. The van der Waals surface area contributed by atoms with Crippen LogP contribution in [0.1, 0.15) is 19.3 Å². The topological polar surface area (TPSA) is 35.5 Å². The molecule has 0 radical (unpaired) electrons. The Bertz CT molecular complexity index is 173. The van der Waals surface area contributed by atoms with Gasteiger partial charge in [-0.15, -0.1) is 0 Å². The molecule has 0 bridgehead atoms. The van der Waals surface area contributed by atoms with Gasteiger partial charge in [0.15, 0.2) is 0 Å². The molecule has 4 heteroatoms. The lowest BCUT2D eigenvalue weighted by atomic mass is 10.1. The molecule has 2 aliphatic rings. The van der Waals surface area contributed by atoms with Crippen molar-refractivity contribution in [3.8, 4) is 0 Å². The van der Waals surface area contributed by atoms with Crippen molar-refractivity contribution in [2.75, 3.05) is 44.3 Å². The first kappa shape index (κ1) is 12.7. The smallest absolute Gasteiger partial charge is 0.0558 e. The zero-order valence-electron chi connectivity index (χ0n) is 10.0. The Hall–Kier alpha value is 0.230. The number of aliphatic hydroxyl groups is 1. The summed E-state index contributed by atoms with van der Waals surface area (Å²) in [5.74, 6) is 3.51. The highest BCUT2D eigenvalue weighted by Gasteiger charge is 2.22. The van der Waals surface area contributed by atoms with Crippen LogP contribution in [0.2, 0.25) is 0 Å². The molecule has 3 nitrogen and oxygen atoms in total. The van der Waals surface area contributed by atoms with Crippen LogP contribution >= 0.6 is 11.8 Å². The number of nitrogens with one attached hydrogen (secondary N) is 1. The summed E-state index contributed by atoms with van der Waals surface area (Å²) in [4.78, 5) is 2.46. The molecule has 2 unspecified atom stereocenters. The first-order chi connectivity index (χ1) is 7.88. The predicted octanol–water partition coefficient (Wildman–Crippen LogP) is 0.786. The van der Waals surface area contributed by atoms with Crippen molar-refractivity contribution >= 4 is 11.8 Å². The summed E-state index contributed by atoms with van der Waals surface area (Å²) in [5.41, 5.74) is 0. The molecule has 2 fully saturated rings. The zero-order valence-corrected chi connectivity index (χ0v) is 10.8. The Morgan fingerprint density at radius 1 is 1.31 bits per heavy atom. The molecule has 0 aromatic heterocycles. The second-order valence-electron chi connectivity index (χ2n) is 5.01. The summed E-state index contributed by atoms with van der Waals surface area (Å²) in [6, 6.07) is 0.667. The Labute approximate surface area is 103 Å². The fourth-order valence-electron chi connectivity index (χ4n) is 2.72. The van der Waals surface area contributed by atoms with E-state index in [1.165, 1.54) is 43.9 Å². The van der Waals surface area contributed by atoms with Gasteiger partial charge in [-0.3, -0.25) is 4.90 Å². The van der Waals surface area contributed by atoms with Gasteiger partial charge in [-0.2, -0.15) is 11.8 Å². The molecule has 0 aromatic carbocycles. The Morgan fingerprint density at radius 3 is 2.88 bits per heavy atom. The molecule has 94 valence electrons. The fraction of sp³-hybridized carbons (Fsp3) is 1.00. The number of aliphatic hydroxyl groups excluding tert-OH is 1.